The number of imide groups is 1. The first-order valence-corrected chi connectivity index (χ1v) is 8.54. The van der Waals surface area contributed by atoms with Crippen LogP contribution in [0.5, 0.6) is 0 Å². The summed E-state index contributed by atoms with van der Waals surface area (Å²) in [6.45, 7) is 3.76. The summed E-state index contributed by atoms with van der Waals surface area (Å²) in [5, 5.41) is 0. The predicted octanol–water partition coefficient (Wildman–Crippen LogP) is 1.52. The van der Waals surface area contributed by atoms with Gasteiger partial charge in [0, 0.05) is 19.6 Å². The summed E-state index contributed by atoms with van der Waals surface area (Å²) < 4.78 is 0. The Morgan fingerprint density at radius 1 is 0.958 bits per heavy atom. The average molecular weight is 327 g/mol. The van der Waals surface area contributed by atoms with Gasteiger partial charge in [-0.05, 0) is 31.7 Å². The normalized spacial score (nSPS) is 26.7. The van der Waals surface area contributed by atoms with Crippen molar-refractivity contribution in [2.45, 2.75) is 44.8 Å². The van der Waals surface area contributed by atoms with Crippen LogP contribution in [-0.4, -0.2) is 57.7 Å². The second-order valence-corrected chi connectivity index (χ2v) is 6.89. The third-order valence-electron chi connectivity index (χ3n) is 5.30. The molecule has 6 heteroatoms. The maximum atomic E-state index is 12.7. The lowest BCUT2D eigenvalue weighted by atomic mass is 10.1. The van der Waals surface area contributed by atoms with Crippen molar-refractivity contribution < 1.29 is 14.4 Å². The van der Waals surface area contributed by atoms with Gasteiger partial charge in [0.25, 0.3) is 5.91 Å². The van der Waals surface area contributed by atoms with Crippen LogP contribution < -0.4 is 0 Å². The molecule has 126 valence electrons. The molecular weight excluding hydrogens is 306 g/mol. The summed E-state index contributed by atoms with van der Waals surface area (Å²) >= 11 is 0. The number of carbonyl (C=O) groups excluding carboxylic acids is 3. The first-order chi connectivity index (χ1) is 11.6. The van der Waals surface area contributed by atoms with Crippen LogP contribution in [0.4, 0.5) is 4.79 Å². The third-order valence-corrected chi connectivity index (χ3v) is 5.30. The minimum atomic E-state index is -0.624. The monoisotopic (exact) mass is 327 g/mol. The first kappa shape index (κ1) is 15.2. The molecule has 3 fully saturated rings. The van der Waals surface area contributed by atoms with Crippen molar-refractivity contribution in [1.29, 1.82) is 0 Å². The summed E-state index contributed by atoms with van der Waals surface area (Å²) in [7, 11) is 0. The number of likely N-dealkylation sites (tertiary alicyclic amines) is 1. The highest BCUT2D eigenvalue weighted by Crippen LogP contribution is 2.31. The van der Waals surface area contributed by atoms with Gasteiger partial charge in [-0.1, -0.05) is 29.8 Å². The summed E-state index contributed by atoms with van der Waals surface area (Å²) in [4.78, 5) is 42.3. The zero-order valence-corrected chi connectivity index (χ0v) is 13.8. The maximum Gasteiger partial charge on any atom is 0.328 e. The predicted molar refractivity (Wildman–Crippen MR) is 87.0 cm³/mol. The van der Waals surface area contributed by atoms with E-state index in [0.717, 1.165) is 18.4 Å². The lowest BCUT2D eigenvalue weighted by Crippen LogP contribution is -2.46. The lowest BCUT2D eigenvalue weighted by Gasteiger charge is -2.22. The molecule has 0 aromatic heterocycles. The van der Waals surface area contributed by atoms with Crippen molar-refractivity contribution in [2.75, 3.05) is 13.1 Å². The Bertz CT molecular complexity index is 678. The lowest BCUT2D eigenvalue weighted by molar-refractivity contribution is -0.138. The molecule has 0 saturated carbocycles. The zero-order chi connectivity index (χ0) is 16.8. The molecule has 3 aliphatic rings. The fraction of sp³-hybridized carbons (Fsp3) is 0.500. The third kappa shape index (κ3) is 2.28. The van der Waals surface area contributed by atoms with Gasteiger partial charge in [0.1, 0.15) is 12.1 Å². The summed E-state index contributed by atoms with van der Waals surface area (Å²) in [5.41, 5.74) is 2.24. The second-order valence-electron chi connectivity index (χ2n) is 6.89. The molecule has 3 heterocycles. The molecule has 0 bridgehead atoms. The Morgan fingerprint density at radius 2 is 1.71 bits per heavy atom. The van der Waals surface area contributed by atoms with E-state index in [9.17, 15) is 14.4 Å². The van der Waals surface area contributed by atoms with E-state index >= 15 is 0 Å². The number of hydrogen-bond donors (Lipinski definition) is 0. The van der Waals surface area contributed by atoms with Gasteiger partial charge < -0.3 is 9.80 Å². The Hall–Kier alpha value is -2.37. The van der Waals surface area contributed by atoms with Gasteiger partial charge in [0.15, 0.2) is 0 Å². The van der Waals surface area contributed by atoms with Crippen molar-refractivity contribution in [3.05, 3.63) is 35.4 Å². The number of hydrogen-bond acceptors (Lipinski definition) is 3. The minimum Gasteiger partial charge on any atom is -0.336 e. The van der Waals surface area contributed by atoms with E-state index in [2.05, 4.69) is 0 Å². The van der Waals surface area contributed by atoms with Crippen LogP contribution in [0.15, 0.2) is 24.3 Å². The van der Waals surface area contributed by atoms with Gasteiger partial charge in [-0.2, -0.15) is 0 Å². The molecule has 1 aromatic carbocycles. The first-order valence-electron chi connectivity index (χ1n) is 8.54. The molecule has 6 nitrogen and oxygen atoms in total. The van der Waals surface area contributed by atoms with E-state index < -0.39 is 6.04 Å². The second kappa shape index (κ2) is 5.61. The van der Waals surface area contributed by atoms with Crippen LogP contribution in [-0.2, 0) is 16.1 Å². The molecule has 0 radical (unpaired) electrons. The van der Waals surface area contributed by atoms with Crippen LogP contribution in [0, 0.1) is 6.92 Å². The van der Waals surface area contributed by atoms with E-state index in [1.165, 1.54) is 10.5 Å². The van der Waals surface area contributed by atoms with Gasteiger partial charge >= 0.3 is 6.03 Å². The highest BCUT2D eigenvalue weighted by molar-refractivity contribution is 6.08. The van der Waals surface area contributed by atoms with E-state index in [1.807, 2.05) is 31.2 Å². The largest absolute Gasteiger partial charge is 0.336 e. The van der Waals surface area contributed by atoms with Gasteiger partial charge in [0.2, 0.25) is 5.91 Å². The molecule has 3 saturated heterocycles. The molecule has 2 atom stereocenters. The number of nitrogens with zero attached hydrogens (tertiary/aromatic N) is 3. The number of rotatable bonds is 3. The topological polar surface area (TPSA) is 60.9 Å². The molecule has 0 N–H and O–H groups in total. The maximum absolute atomic E-state index is 12.7. The van der Waals surface area contributed by atoms with Crippen molar-refractivity contribution in [3.63, 3.8) is 0 Å². The number of fused-ring (bicyclic) bond motifs is 1. The highest BCUT2D eigenvalue weighted by atomic mass is 16.2. The molecule has 0 aliphatic carbocycles. The Balaban J connectivity index is 1.48. The van der Waals surface area contributed by atoms with E-state index in [4.69, 9.17) is 0 Å². The number of amides is 4. The Kier molecular flexibility index (Phi) is 3.55. The van der Waals surface area contributed by atoms with Crippen molar-refractivity contribution >= 4 is 17.8 Å². The van der Waals surface area contributed by atoms with Crippen LogP contribution in [0.25, 0.3) is 0 Å². The molecule has 1 aromatic rings. The summed E-state index contributed by atoms with van der Waals surface area (Å²) in [5.74, 6) is -0.300. The van der Waals surface area contributed by atoms with Crippen molar-refractivity contribution in [1.82, 2.24) is 14.7 Å². The minimum absolute atomic E-state index is 0.113. The fourth-order valence-corrected chi connectivity index (χ4v) is 3.97. The Morgan fingerprint density at radius 3 is 2.42 bits per heavy atom. The van der Waals surface area contributed by atoms with Crippen LogP contribution >= 0.6 is 0 Å². The molecule has 0 unspecified atom stereocenters. The van der Waals surface area contributed by atoms with Gasteiger partial charge in [-0.3, -0.25) is 9.59 Å². The van der Waals surface area contributed by atoms with Gasteiger partial charge in [-0.25, -0.2) is 9.69 Å². The van der Waals surface area contributed by atoms with Crippen molar-refractivity contribution in [3.8, 4) is 0 Å². The molecule has 4 rings (SSSR count). The smallest absolute Gasteiger partial charge is 0.328 e. The van der Waals surface area contributed by atoms with Crippen LogP contribution in [0.2, 0.25) is 0 Å². The molecule has 24 heavy (non-hydrogen) atoms. The zero-order valence-electron chi connectivity index (χ0n) is 13.8. The van der Waals surface area contributed by atoms with Gasteiger partial charge in [0.05, 0.1) is 0 Å². The summed E-state index contributed by atoms with van der Waals surface area (Å²) in [6.07, 6.45) is 2.12. The van der Waals surface area contributed by atoms with E-state index in [-0.39, 0.29) is 23.9 Å². The number of carbonyl (C=O) groups is 3. The Labute approximate surface area is 141 Å². The molecule has 3 aliphatic heterocycles. The summed E-state index contributed by atoms with van der Waals surface area (Å²) in [6, 6.07) is 6.83. The standard InChI is InChI=1S/C18H21N3O3/c1-12-4-6-13(7-5-12)11-19-10-8-15(16(19)22)21-17(23)14-3-2-9-20(14)18(21)24/h4-7,14-15H,2-3,8-11H2,1H3/t14-,15+/m1/s1. The fourth-order valence-electron chi connectivity index (χ4n) is 3.97. The SMILES string of the molecule is Cc1ccc(CN2CC[C@H](N3C(=O)[C@H]4CCCN4C3=O)C2=O)cc1. The van der Waals surface area contributed by atoms with Gasteiger partial charge in [-0.15, -0.1) is 0 Å². The molecular formula is C18H21N3O3. The van der Waals surface area contributed by atoms with Crippen LogP contribution in [0.1, 0.15) is 30.4 Å². The number of aryl methyl sites for hydroxylation is 1. The quantitative estimate of drug-likeness (QED) is 0.791. The van der Waals surface area contributed by atoms with E-state index in [1.54, 1.807) is 9.80 Å². The number of benzene rings is 1. The molecule has 4 amide bonds. The van der Waals surface area contributed by atoms with Crippen LogP contribution in [0.3, 0.4) is 0 Å². The average Bonchev–Trinajstić information content (AvgIpc) is 3.23. The van der Waals surface area contributed by atoms with Crippen molar-refractivity contribution in [2.24, 2.45) is 0 Å². The van der Waals surface area contributed by atoms with E-state index in [0.29, 0.717) is 26.1 Å². The molecule has 0 spiro atoms. The number of urea groups is 1. The highest BCUT2D eigenvalue weighted by Gasteiger charge is 2.53.